The van der Waals surface area contributed by atoms with E-state index in [1.165, 1.54) is 39.8 Å². The van der Waals surface area contributed by atoms with E-state index in [1.54, 1.807) is 6.08 Å². The molecule has 0 N–H and O–H groups in total. The zero-order valence-electron chi connectivity index (χ0n) is 20.2. The number of carbonyl (C=O) groups is 2. The zero-order chi connectivity index (χ0) is 26.7. The predicted molar refractivity (Wildman–Crippen MR) is 149 cm³/mol. The van der Waals surface area contributed by atoms with Gasteiger partial charge in [0.15, 0.2) is 9.84 Å². The molecule has 0 saturated carbocycles. The third-order valence-electron chi connectivity index (χ3n) is 6.38. The van der Waals surface area contributed by atoms with Gasteiger partial charge in [-0.05, 0) is 43.5 Å². The first-order valence-electron chi connectivity index (χ1n) is 11.8. The van der Waals surface area contributed by atoms with Crippen LogP contribution in [0.25, 0.3) is 6.08 Å². The van der Waals surface area contributed by atoms with Gasteiger partial charge in [-0.1, -0.05) is 71.5 Å². The van der Waals surface area contributed by atoms with Crippen LogP contribution in [0, 0.1) is 12.7 Å². The molecule has 4 rings (SSSR count). The number of carbonyl (C=O) groups excluding carboxylic acids is 2. The molecule has 2 aromatic rings. The molecule has 0 aliphatic carbocycles. The van der Waals surface area contributed by atoms with Crippen molar-refractivity contribution in [2.75, 3.05) is 18.1 Å². The van der Waals surface area contributed by atoms with Crippen molar-refractivity contribution in [2.45, 2.75) is 38.8 Å². The summed E-state index contributed by atoms with van der Waals surface area (Å²) in [7, 11) is -3.27. The highest BCUT2D eigenvalue weighted by Gasteiger charge is 2.36. The van der Waals surface area contributed by atoms with Gasteiger partial charge < -0.3 is 4.90 Å². The Kier molecular flexibility index (Phi) is 8.73. The maximum Gasteiger partial charge on any atom is 0.266 e. The highest BCUT2D eigenvalue weighted by molar-refractivity contribution is 8.26. The molecular weight excluding hydrogens is 555 g/mol. The van der Waals surface area contributed by atoms with E-state index in [2.05, 4.69) is 0 Å². The SMILES string of the molecule is Cc1ccc(/C=C2\SC(=S)N(CCCC(=O)N(Cc3c(F)cccc3Cl)C3CCS(=O)(=O)C3)C2=O)cc1. The minimum absolute atomic E-state index is 0.0175. The number of nitrogens with zero attached hydrogens (tertiary/aromatic N) is 2. The van der Waals surface area contributed by atoms with Crippen LogP contribution < -0.4 is 0 Å². The van der Waals surface area contributed by atoms with E-state index < -0.39 is 21.7 Å². The zero-order valence-corrected chi connectivity index (χ0v) is 23.4. The highest BCUT2D eigenvalue weighted by atomic mass is 35.5. The van der Waals surface area contributed by atoms with Gasteiger partial charge in [0.2, 0.25) is 5.91 Å². The van der Waals surface area contributed by atoms with Gasteiger partial charge in [-0.15, -0.1) is 0 Å². The lowest BCUT2D eigenvalue weighted by Crippen LogP contribution is -2.41. The fraction of sp³-hybridized carbons (Fsp3) is 0.346. The number of hydrogen-bond donors (Lipinski definition) is 0. The van der Waals surface area contributed by atoms with E-state index in [0.29, 0.717) is 22.1 Å². The molecule has 2 aromatic carbocycles. The van der Waals surface area contributed by atoms with E-state index in [-0.39, 0.29) is 53.4 Å². The molecule has 2 aliphatic rings. The van der Waals surface area contributed by atoms with Crippen molar-refractivity contribution in [3.8, 4) is 0 Å². The molecule has 2 heterocycles. The maximum atomic E-state index is 14.5. The lowest BCUT2D eigenvalue weighted by atomic mass is 10.1. The number of thiocarbonyl (C=S) groups is 1. The summed E-state index contributed by atoms with van der Waals surface area (Å²) in [4.78, 5) is 29.6. The summed E-state index contributed by atoms with van der Waals surface area (Å²) in [6, 6.07) is 11.5. The van der Waals surface area contributed by atoms with Crippen LogP contribution in [0.3, 0.4) is 0 Å². The summed E-state index contributed by atoms with van der Waals surface area (Å²) in [6.45, 7) is 2.12. The van der Waals surface area contributed by atoms with Crippen LogP contribution in [0.5, 0.6) is 0 Å². The molecule has 0 aromatic heterocycles. The van der Waals surface area contributed by atoms with Crippen molar-refractivity contribution >= 4 is 67.6 Å². The van der Waals surface area contributed by atoms with E-state index in [0.717, 1.165) is 11.1 Å². The van der Waals surface area contributed by atoms with Gasteiger partial charge in [0.25, 0.3) is 5.91 Å². The summed E-state index contributed by atoms with van der Waals surface area (Å²) in [6.07, 6.45) is 2.46. The third-order valence-corrected chi connectivity index (χ3v) is 9.86. The van der Waals surface area contributed by atoms with Gasteiger partial charge in [-0.25, -0.2) is 12.8 Å². The summed E-state index contributed by atoms with van der Waals surface area (Å²) < 4.78 is 39.1. The molecular formula is C26H26ClFN2O4S3. The molecule has 11 heteroatoms. The Morgan fingerprint density at radius 1 is 1.27 bits per heavy atom. The molecule has 0 bridgehead atoms. The Bertz CT molecular complexity index is 1340. The molecule has 196 valence electrons. The Hall–Kier alpha value is -2.27. The van der Waals surface area contributed by atoms with Gasteiger partial charge >= 0.3 is 0 Å². The normalized spacial score (nSPS) is 20.1. The molecule has 37 heavy (non-hydrogen) atoms. The number of thioether (sulfide) groups is 1. The third kappa shape index (κ3) is 6.79. The second-order valence-corrected chi connectivity index (χ2v) is 13.4. The Balaban J connectivity index is 1.42. The number of sulfone groups is 1. The average molecular weight is 581 g/mol. The number of benzene rings is 2. The number of amides is 2. The van der Waals surface area contributed by atoms with Crippen LogP contribution in [-0.2, 0) is 26.0 Å². The number of hydrogen-bond acceptors (Lipinski definition) is 6. The predicted octanol–water partition coefficient (Wildman–Crippen LogP) is 4.98. The van der Waals surface area contributed by atoms with Crippen LogP contribution in [0.4, 0.5) is 4.39 Å². The fourth-order valence-electron chi connectivity index (χ4n) is 4.33. The van der Waals surface area contributed by atoms with Crippen LogP contribution in [-0.4, -0.2) is 58.4 Å². The van der Waals surface area contributed by atoms with Crippen molar-refractivity contribution < 1.29 is 22.4 Å². The number of rotatable bonds is 8. The Morgan fingerprint density at radius 3 is 2.65 bits per heavy atom. The quantitative estimate of drug-likeness (QED) is 0.324. The van der Waals surface area contributed by atoms with Crippen LogP contribution in [0.1, 0.15) is 36.0 Å². The van der Waals surface area contributed by atoms with Crippen molar-refractivity contribution in [3.63, 3.8) is 0 Å². The van der Waals surface area contributed by atoms with Crippen LogP contribution in [0.2, 0.25) is 5.02 Å². The standard InChI is InChI=1S/C26H26ClFN2O4S3/c1-17-7-9-18(10-8-17)14-23-25(32)29(26(35)36-23)12-3-6-24(31)30(19-11-13-37(33,34)16-19)15-20-21(27)4-2-5-22(20)28/h2,4-5,7-10,14,19H,3,6,11-13,15-16H2,1H3/b23-14-. The smallest absolute Gasteiger partial charge is 0.266 e. The van der Waals surface area contributed by atoms with Crippen molar-refractivity contribution in [1.29, 1.82) is 0 Å². The van der Waals surface area contributed by atoms with E-state index in [9.17, 15) is 22.4 Å². The lowest BCUT2D eigenvalue weighted by molar-refractivity contribution is -0.134. The molecule has 6 nitrogen and oxygen atoms in total. The second-order valence-electron chi connectivity index (χ2n) is 9.13. The van der Waals surface area contributed by atoms with E-state index >= 15 is 0 Å². The van der Waals surface area contributed by atoms with Crippen LogP contribution >= 0.6 is 35.6 Å². The lowest BCUT2D eigenvalue weighted by Gasteiger charge is -2.29. The average Bonchev–Trinajstić information content (AvgIpc) is 3.33. The van der Waals surface area contributed by atoms with E-state index in [1.807, 2.05) is 31.2 Å². The summed E-state index contributed by atoms with van der Waals surface area (Å²) in [5.41, 5.74) is 2.17. The summed E-state index contributed by atoms with van der Waals surface area (Å²) in [5.74, 6) is -1.26. The fourth-order valence-corrected chi connectivity index (χ4v) is 7.60. The van der Waals surface area contributed by atoms with Crippen LogP contribution in [0.15, 0.2) is 47.4 Å². The molecule has 0 radical (unpaired) electrons. The number of aryl methyl sites for hydroxylation is 1. The van der Waals surface area contributed by atoms with Gasteiger partial charge in [0.05, 0.1) is 23.0 Å². The molecule has 2 amide bonds. The largest absolute Gasteiger partial charge is 0.334 e. The van der Waals surface area contributed by atoms with Gasteiger partial charge in [0, 0.05) is 29.6 Å². The Labute approximate surface area is 230 Å². The monoisotopic (exact) mass is 580 g/mol. The molecule has 2 fully saturated rings. The summed E-state index contributed by atoms with van der Waals surface area (Å²) in [5, 5.41) is 0.177. The van der Waals surface area contributed by atoms with Crippen molar-refractivity contribution in [3.05, 3.63) is 74.9 Å². The van der Waals surface area contributed by atoms with Crippen molar-refractivity contribution in [1.82, 2.24) is 9.80 Å². The molecule has 1 atom stereocenters. The topological polar surface area (TPSA) is 74.8 Å². The minimum Gasteiger partial charge on any atom is -0.334 e. The maximum absolute atomic E-state index is 14.5. The van der Waals surface area contributed by atoms with Gasteiger partial charge in [-0.2, -0.15) is 0 Å². The van der Waals surface area contributed by atoms with E-state index in [4.69, 9.17) is 23.8 Å². The number of halogens is 2. The Morgan fingerprint density at radius 2 is 2.00 bits per heavy atom. The summed E-state index contributed by atoms with van der Waals surface area (Å²) >= 11 is 12.8. The minimum atomic E-state index is -3.27. The first-order valence-corrected chi connectivity index (χ1v) is 15.2. The van der Waals surface area contributed by atoms with Crippen molar-refractivity contribution in [2.24, 2.45) is 0 Å². The molecule has 2 aliphatic heterocycles. The first kappa shape index (κ1) is 27.8. The second kappa shape index (κ2) is 11.6. The molecule has 2 saturated heterocycles. The van der Waals surface area contributed by atoms with Gasteiger partial charge in [0.1, 0.15) is 10.1 Å². The molecule has 1 unspecified atom stereocenters. The first-order chi connectivity index (χ1) is 17.5. The highest BCUT2D eigenvalue weighted by Crippen LogP contribution is 2.33. The molecule has 0 spiro atoms. The van der Waals surface area contributed by atoms with Gasteiger partial charge in [-0.3, -0.25) is 14.5 Å².